The number of carbonyl (C=O) groups is 1. The van der Waals surface area contributed by atoms with Crippen molar-refractivity contribution in [2.45, 2.75) is 89.8 Å². The molecule has 1 aromatic carbocycles. The average Bonchev–Trinajstić information content (AvgIpc) is 2.82. The molecule has 3 atom stereocenters. The number of piperazine rings is 1. The Hall–Kier alpha value is -1.66. The van der Waals surface area contributed by atoms with Gasteiger partial charge in [0.25, 0.3) is 0 Å². The molecule has 6 heteroatoms. The van der Waals surface area contributed by atoms with Crippen molar-refractivity contribution in [3.8, 4) is 0 Å². The van der Waals surface area contributed by atoms with Crippen molar-refractivity contribution in [3.05, 3.63) is 35.4 Å². The van der Waals surface area contributed by atoms with Gasteiger partial charge in [-0.3, -0.25) is 4.79 Å². The van der Waals surface area contributed by atoms with Gasteiger partial charge in [0.1, 0.15) is 12.1 Å². The highest BCUT2D eigenvalue weighted by atomic mass is 32.1. The van der Waals surface area contributed by atoms with E-state index in [1.165, 1.54) is 62.5 Å². The summed E-state index contributed by atoms with van der Waals surface area (Å²) in [5, 5.41) is 7.27. The fourth-order valence-electron chi connectivity index (χ4n) is 6.29. The quantitative estimate of drug-likeness (QED) is 0.578. The molecular weight excluding hydrogens is 428 g/mol. The van der Waals surface area contributed by atoms with Crippen LogP contribution >= 0.6 is 12.2 Å². The maximum atomic E-state index is 12.6. The smallest absolute Gasteiger partial charge is 0.239 e. The van der Waals surface area contributed by atoms with Gasteiger partial charge < -0.3 is 20.4 Å². The fraction of sp³-hybridized carbons (Fsp3) is 0.704. The number of amides is 1. The Labute approximate surface area is 205 Å². The van der Waals surface area contributed by atoms with Crippen LogP contribution in [-0.2, 0) is 11.3 Å². The number of quaternary nitrogens is 1. The number of hydrogen-bond donors (Lipinski definition) is 3. The molecule has 0 bridgehead atoms. The number of thiocarbonyl (C=S) groups is 1. The van der Waals surface area contributed by atoms with Gasteiger partial charge in [0.15, 0.2) is 5.11 Å². The van der Waals surface area contributed by atoms with Crippen molar-refractivity contribution >= 4 is 23.2 Å². The largest absolute Gasteiger partial charge is 0.353 e. The number of nitrogens with one attached hydrogen (secondary N) is 3. The van der Waals surface area contributed by atoms with Gasteiger partial charge in [-0.25, -0.2) is 0 Å². The first-order valence-corrected chi connectivity index (χ1v) is 13.6. The van der Waals surface area contributed by atoms with Gasteiger partial charge in [0, 0.05) is 24.4 Å². The van der Waals surface area contributed by atoms with Gasteiger partial charge >= 0.3 is 0 Å². The van der Waals surface area contributed by atoms with Crippen molar-refractivity contribution in [1.82, 2.24) is 15.5 Å². The summed E-state index contributed by atoms with van der Waals surface area (Å²) in [6, 6.07) is 9.38. The Morgan fingerprint density at radius 3 is 2.58 bits per heavy atom. The molecule has 0 aromatic heterocycles. The molecule has 1 aliphatic heterocycles. The van der Waals surface area contributed by atoms with E-state index in [2.05, 4.69) is 53.6 Å². The summed E-state index contributed by atoms with van der Waals surface area (Å²) in [6.45, 7) is 8.84. The summed E-state index contributed by atoms with van der Waals surface area (Å²) in [6.07, 6.45) is 11.3. The monoisotopic (exact) mass is 471 g/mol. The molecule has 1 heterocycles. The zero-order chi connectivity index (χ0) is 23.3. The van der Waals surface area contributed by atoms with Crippen LogP contribution in [0.25, 0.3) is 0 Å². The van der Waals surface area contributed by atoms with Crippen molar-refractivity contribution in [1.29, 1.82) is 0 Å². The molecule has 182 valence electrons. The van der Waals surface area contributed by atoms with Crippen LogP contribution in [0, 0.1) is 12.8 Å². The fourth-order valence-corrected chi connectivity index (χ4v) is 6.52. The molecule has 1 saturated heterocycles. The van der Waals surface area contributed by atoms with Gasteiger partial charge in [-0.05, 0) is 50.7 Å². The standard InChI is InChI=1S/C27H42N4OS/c1-21-10-12-23(13-11-21)19-31-17-16-30(20-27(31)14-6-3-7-15-27)26(33)28-18-25(32)29-24-9-5-4-8-22(24)2/h10-13,22,24H,3-9,14-20H2,1-2H3,(H,28,33)(H,29,32)/p+1. The lowest BCUT2D eigenvalue weighted by Gasteiger charge is -2.50. The Balaban J connectivity index is 1.32. The van der Waals surface area contributed by atoms with E-state index >= 15 is 0 Å². The number of aryl methyl sites for hydroxylation is 1. The van der Waals surface area contributed by atoms with E-state index in [9.17, 15) is 4.79 Å². The van der Waals surface area contributed by atoms with Crippen LogP contribution in [0.5, 0.6) is 0 Å². The molecular formula is C27H43N4OS+. The molecule has 1 amide bonds. The van der Waals surface area contributed by atoms with Crippen LogP contribution < -0.4 is 15.5 Å². The normalized spacial score (nSPS) is 27.2. The Morgan fingerprint density at radius 2 is 1.85 bits per heavy atom. The predicted octanol–water partition coefficient (Wildman–Crippen LogP) is 2.97. The molecule has 2 aliphatic carbocycles. The maximum absolute atomic E-state index is 12.6. The maximum Gasteiger partial charge on any atom is 0.239 e. The topological polar surface area (TPSA) is 48.8 Å². The third-order valence-corrected chi connectivity index (χ3v) is 8.82. The minimum absolute atomic E-state index is 0.0760. The van der Waals surface area contributed by atoms with E-state index in [1.807, 2.05) is 0 Å². The SMILES string of the molecule is Cc1ccc(C[NH+]2CCN(C(=S)NCC(=O)NC3CCCCC3C)CC23CCCCC3)cc1. The van der Waals surface area contributed by atoms with Crippen LogP contribution in [0.15, 0.2) is 24.3 Å². The molecule has 1 aromatic rings. The average molecular weight is 472 g/mol. The third kappa shape index (κ3) is 6.27. The first-order valence-electron chi connectivity index (χ1n) is 13.2. The number of hydrogen-bond acceptors (Lipinski definition) is 2. The van der Waals surface area contributed by atoms with Gasteiger partial charge in [-0.15, -0.1) is 0 Å². The van der Waals surface area contributed by atoms with Crippen LogP contribution in [0.3, 0.4) is 0 Å². The van der Waals surface area contributed by atoms with Gasteiger partial charge in [-0.1, -0.05) is 56.0 Å². The lowest BCUT2D eigenvalue weighted by atomic mass is 9.78. The number of rotatable bonds is 5. The van der Waals surface area contributed by atoms with Crippen LogP contribution in [-0.4, -0.2) is 53.7 Å². The molecule has 1 spiro atoms. The molecule has 3 aliphatic rings. The summed E-state index contributed by atoms with van der Waals surface area (Å²) >= 11 is 5.78. The molecule has 4 rings (SSSR count). The highest BCUT2D eigenvalue weighted by Gasteiger charge is 2.46. The van der Waals surface area contributed by atoms with E-state index in [1.54, 1.807) is 4.90 Å². The number of carbonyl (C=O) groups excluding carboxylic acids is 1. The van der Waals surface area contributed by atoms with Crippen molar-refractivity contribution in [2.24, 2.45) is 5.92 Å². The molecule has 0 radical (unpaired) electrons. The minimum Gasteiger partial charge on any atom is -0.353 e. The van der Waals surface area contributed by atoms with E-state index < -0.39 is 0 Å². The minimum atomic E-state index is 0.0760. The summed E-state index contributed by atoms with van der Waals surface area (Å²) in [5.41, 5.74) is 3.03. The van der Waals surface area contributed by atoms with Gasteiger partial charge in [0.2, 0.25) is 5.91 Å². The second-order valence-corrected chi connectivity index (χ2v) is 11.3. The van der Waals surface area contributed by atoms with Crippen molar-refractivity contribution in [3.63, 3.8) is 0 Å². The van der Waals surface area contributed by atoms with Crippen LogP contribution in [0.2, 0.25) is 0 Å². The summed E-state index contributed by atoms with van der Waals surface area (Å²) < 4.78 is 0. The van der Waals surface area contributed by atoms with E-state index in [-0.39, 0.29) is 18.0 Å². The molecule has 33 heavy (non-hydrogen) atoms. The third-order valence-electron chi connectivity index (χ3n) is 8.42. The molecule has 3 N–H and O–H groups in total. The van der Waals surface area contributed by atoms with E-state index in [0.717, 1.165) is 37.7 Å². The summed E-state index contributed by atoms with van der Waals surface area (Å²) in [4.78, 5) is 16.6. The number of nitrogens with zero attached hydrogens (tertiary/aromatic N) is 1. The van der Waals surface area contributed by atoms with Crippen LogP contribution in [0.1, 0.15) is 75.8 Å². The molecule has 5 nitrogen and oxygen atoms in total. The zero-order valence-corrected chi connectivity index (χ0v) is 21.4. The molecule has 3 unspecified atom stereocenters. The predicted molar refractivity (Wildman–Crippen MR) is 138 cm³/mol. The van der Waals surface area contributed by atoms with E-state index in [4.69, 9.17) is 12.2 Å². The van der Waals surface area contributed by atoms with Gasteiger partial charge in [0.05, 0.1) is 26.2 Å². The second kappa shape index (κ2) is 11.2. The summed E-state index contributed by atoms with van der Waals surface area (Å²) in [7, 11) is 0. The lowest BCUT2D eigenvalue weighted by molar-refractivity contribution is -0.971. The first-order chi connectivity index (χ1) is 15.9. The highest BCUT2D eigenvalue weighted by molar-refractivity contribution is 7.80. The van der Waals surface area contributed by atoms with Gasteiger partial charge in [-0.2, -0.15) is 0 Å². The summed E-state index contributed by atoms with van der Waals surface area (Å²) in [5.74, 6) is 0.650. The Bertz CT molecular complexity index is 805. The highest BCUT2D eigenvalue weighted by Crippen LogP contribution is 2.28. The molecule has 3 fully saturated rings. The lowest BCUT2D eigenvalue weighted by Crippen LogP contribution is -3.22. The van der Waals surface area contributed by atoms with Crippen LogP contribution in [0.4, 0.5) is 0 Å². The first kappa shape index (κ1) is 24.5. The van der Waals surface area contributed by atoms with Crippen molar-refractivity contribution in [2.75, 3.05) is 26.2 Å². The Morgan fingerprint density at radius 1 is 1.12 bits per heavy atom. The zero-order valence-electron chi connectivity index (χ0n) is 20.6. The second-order valence-electron chi connectivity index (χ2n) is 10.9. The van der Waals surface area contributed by atoms with E-state index in [0.29, 0.717) is 12.0 Å². The Kier molecular flexibility index (Phi) is 8.29. The van der Waals surface area contributed by atoms with Crippen molar-refractivity contribution < 1.29 is 9.69 Å². The number of benzene rings is 1. The molecule has 2 saturated carbocycles.